The summed E-state index contributed by atoms with van der Waals surface area (Å²) in [6.45, 7) is 0. The van der Waals surface area contributed by atoms with Crippen LogP contribution in [0.4, 0.5) is 0 Å². The van der Waals surface area contributed by atoms with Gasteiger partial charge in [0.05, 0.1) is 0 Å². The Morgan fingerprint density at radius 1 is 0.714 bits per heavy atom. The first kappa shape index (κ1) is 7.51. The first-order valence-electron chi connectivity index (χ1n) is 4.67. The molecule has 0 saturated heterocycles. The van der Waals surface area contributed by atoms with Crippen LogP contribution in [0.3, 0.4) is 0 Å². The SMILES string of the molecule is [CH2-]n1c2ccccc2c2ccccc21. The molecule has 0 atom stereocenters. The summed E-state index contributed by atoms with van der Waals surface area (Å²) < 4.78 is 1.99. The van der Waals surface area contributed by atoms with Gasteiger partial charge in [0.25, 0.3) is 0 Å². The molecular weight excluding hydrogens is 170 g/mol. The van der Waals surface area contributed by atoms with Crippen molar-refractivity contribution < 1.29 is 0 Å². The predicted molar refractivity (Wildman–Crippen MR) is 60.2 cm³/mol. The van der Waals surface area contributed by atoms with E-state index in [0.717, 1.165) is 0 Å². The second-order valence-electron chi connectivity index (χ2n) is 3.46. The average molecular weight is 180 g/mol. The van der Waals surface area contributed by atoms with E-state index in [2.05, 4.69) is 43.4 Å². The maximum absolute atomic E-state index is 4.05. The van der Waals surface area contributed by atoms with Crippen LogP contribution in [0.5, 0.6) is 0 Å². The van der Waals surface area contributed by atoms with E-state index in [-0.39, 0.29) is 0 Å². The van der Waals surface area contributed by atoms with Crippen LogP contribution in [0.15, 0.2) is 48.5 Å². The number of para-hydroxylation sites is 2. The standard InChI is InChI=1S/C13H10N/c1-14-12-8-4-2-6-10(12)11-7-3-5-9-13(11)14/h2-9H,1H2/q-1. The molecule has 0 aliphatic heterocycles. The fourth-order valence-corrected chi connectivity index (χ4v) is 2.00. The van der Waals surface area contributed by atoms with E-state index in [9.17, 15) is 0 Å². The van der Waals surface area contributed by atoms with Crippen LogP contribution in [0.1, 0.15) is 0 Å². The molecule has 1 heteroatoms. The maximum atomic E-state index is 4.05. The molecule has 68 valence electrons. The van der Waals surface area contributed by atoms with Crippen molar-refractivity contribution in [2.45, 2.75) is 0 Å². The fraction of sp³-hybridized carbons (Fsp3) is 0. The number of nitrogens with zero attached hydrogens (tertiary/aromatic N) is 1. The summed E-state index contributed by atoms with van der Waals surface area (Å²) in [7, 11) is 4.05. The minimum Gasteiger partial charge on any atom is -0.481 e. The van der Waals surface area contributed by atoms with E-state index in [1.165, 1.54) is 21.8 Å². The van der Waals surface area contributed by atoms with E-state index in [1.54, 1.807) is 0 Å². The number of aromatic nitrogens is 1. The van der Waals surface area contributed by atoms with Crippen LogP contribution in [0.2, 0.25) is 0 Å². The molecule has 3 rings (SSSR count). The monoisotopic (exact) mass is 180 g/mol. The van der Waals surface area contributed by atoms with Crippen molar-refractivity contribution in [3.8, 4) is 0 Å². The molecule has 1 heterocycles. The van der Waals surface area contributed by atoms with Gasteiger partial charge in [0, 0.05) is 0 Å². The molecule has 0 bridgehead atoms. The summed E-state index contributed by atoms with van der Waals surface area (Å²) >= 11 is 0. The summed E-state index contributed by atoms with van der Waals surface area (Å²) in [5.74, 6) is 0. The van der Waals surface area contributed by atoms with E-state index >= 15 is 0 Å². The van der Waals surface area contributed by atoms with Gasteiger partial charge < -0.3 is 4.57 Å². The van der Waals surface area contributed by atoms with Crippen LogP contribution in [-0.2, 0) is 0 Å². The van der Waals surface area contributed by atoms with E-state index < -0.39 is 0 Å². The van der Waals surface area contributed by atoms with Gasteiger partial charge >= 0.3 is 0 Å². The Kier molecular flexibility index (Phi) is 1.37. The lowest BCUT2D eigenvalue weighted by molar-refractivity contribution is 1.20. The minimum absolute atomic E-state index is 1.19. The zero-order valence-corrected chi connectivity index (χ0v) is 7.77. The number of benzene rings is 2. The van der Waals surface area contributed by atoms with Gasteiger partial charge in [-0.3, -0.25) is 0 Å². The Balaban J connectivity index is 2.69. The summed E-state index contributed by atoms with van der Waals surface area (Å²) in [6.07, 6.45) is 0. The topological polar surface area (TPSA) is 4.93 Å². The van der Waals surface area contributed by atoms with Gasteiger partial charge in [-0.25, -0.2) is 0 Å². The van der Waals surface area contributed by atoms with E-state index in [1.807, 2.05) is 16.7 Å². The lowest BCUT2D eigenvalue weighted by atomic mass is 10.2. The summed E-state index contributed by atoms with van der Waals surface area (Å²) in [4.78, 5) is 0. The van der Waals surface area contributed by atoms with Gasteiger partial charge in [0.1, 0.15) is 0 Å². The van der Waals surface area contributed by atoms with Crippen molar-refractivity contribution in [1.29, 1.82) is 0 Å². The number of rotatable bonds is 0. The Labute approximate surface area is 82.6 Å². The highest BCUT2D eigenvalue weighted by molar-refractivity contribution is 6.08. The zero-order chi connectivity index (χ0) is 9.54. The average Bonchev–Trinajstić information content (AvgIpc) is 2.55. The molecule has 0 radical (unpaired) electrons. The Morgan fingerprint density at radius 2 is 1.14 bits per heavy atom. The van der Waals surface area contributed by atoms with Crippen molar-refractivity contribution in [3.63, 3.8) is 0 Å². The van der Waals surface area contributed by atoms with E-state index in [0.29, 0.717) is 0 Å². The van der Waals surface area contributed by atoms with Crippen LogP contribution < -0.4 is 0 Å². The molecule has 0 unspecified atom stereocenters. The van der Waals surface area contributed by atoms with Gasteiger partial charge in [-0.15, -0.1) is 7.05 Å². The molecule has 0 aliphatic carbocycles. The van der Waals surface area contributed by atoms with Crippen molar-refractivity contribution >= 4 is 21.8 Å². The van der Waals surface area contributed by atoms with Gasteiger partial charge in [0.2, 0.25) is 0 Å². The predicted octanol–water partition coefficient (Wildman–Crippen LogP) is 3.43. The molecule has 0 saturated carbocycles. The van der Waals surface area contributed by atoms with Crippen LogP contribution in [0.25, 0.3) is 21.8 Å². The summed E-state index contributed by atoms with van der Waals surface area (Å²) in [5.41, 5.74) is 2.38. The molecule has 0 amide bonds. The third-order valence-corrected chi connectivity index (χ3v) is 2.68. The highest BCUT2D eigenvalue weighted by Crippen LogP contribution is 2.27. The smallest absolute Gasteiger partial charge is 0.0568 e. The Hall–Kier alpha value is -1.89. The highest BCUT2D eigenvalue weighted by atomic mass is 14.9. The second-order valence-corrected chi connectivity index (χ2v) is 3.46. The molecule has 0 spiro atoms. The first-order valence-corrected chi connectivity index (χ1v) is 4.67. The summed E-state index contributed by atoms with van der Waals surface area (Å²) in [5, 5.41) is 2.55. The molecule has 0 N–H and O–H groups in total. The van der Waals surface area contributed by atoms with Crippen LogP contribution in [0, 0.1) is 7.05 Å². The van der Waals surface area contributed by atoms with Crippen molar-refractivity contribution in [2.75, 3.05) is 0 Å². The van der Waals surface area contributed by atoms with Crippen molar-refractivity contribution in [1.82, 2.24) is 4.57 Å². The maximum Gasteiger partial charge on any atom is -0.0568 e. The number of hydrogen-bond acceptors (Lipinski definition) is 0. The lowest BCUT2D eigenvalue weighted by Crippen LogP contribution is -1.81. The van der Waals surface area contributed by atoms with Crippen molar-refractivity contribution in [3.05, 3.63) is 55.6 Å². The molecule has 3 aromatic rings. The van der Waals surface area contributed by atoms with Crippen molar-refractivity contribution in [2.24, 2.45) is 0 Å². The molecule has 2 aromatic carbocycles. The highest BCUT2D eigenvalue weighted by Gasteiger charge is 1.97. The molecular formula is C13H10N-. The lowest BCUT2D eigenvalue weighted by Gasteiger charge is -2.06. The third-order valence-electron chi connectivity index (χ3n) is 2.68. The zero-order valence-electron chi connectivity index (χ0n) is 7.77. The molecule has 0 fully saturated rings. The normalized spacial score (nSPS) is 11.1. The number of fused-ring (bicyclic) bond motifs is 3. The van der Waals surface area contributed by atoms with Crippen LogP contribution in [-0.4, -0.2) is 4.57 Å². The Bertz CT molecular complexity index is 551. The molecule has 14 heavy (non-hydrogen) atoms. The Morgan fingerprint density at radius 3 is 1.64 bits per heavy atom. The fourth-order valence-electron chi connectivity index (χ4n) is 2.00. The van der Waals surface area contributed by atoms with Crippen LogP contribution >= 0.6 is 0 Å². The van der Waals surface area contributed by atoms with Gasteiger partial charge in [-0.05, 0) is 0 Å². The first-order chi connectivity index (χ1) is 6.88. The minimum atomic E-state index is 1.19. The summed E-state index contributed by atoms with van der Waals surface area (Å²) in [6, 6.07) is 16.7. The molecule has 0 aliphatic rings. The van der Waals surface area contributed by atoms with Gasteiger partial charge in [-0.2, -0.15) is 0 Å². The largest absolute Gasteiger partial charge is 0.481 e. The van der Waals surface area contributed by atoms with Gasteiger partial charge in [0.15, 0.2) is 0 Å². The second kappa shape index (κ2) is 2.55. The van der Waals surface area contributed by atoms with Gasteiger partial charge in [-0.1, -0.05) is 70.3 Å². The molecule has 1 nitrogen and oxygen atoms in total. The molecule has 1 aromatic heterocycles. The van der Waals surface area contributed by atoms with E-state index in [4.69, 9.17) is 0 Å². The number of hydrogen-bond donors (Lipinski definition) is 0. The third kappa shape index (κ3) is 0.814. The quantitative estimate of drug-likeness (QED) is 0.467.